The van der Waals surface area contributed by atoms with Crippen LogP contribution in [0.2, 0.25) is 0 Å². The average Bonchev–Trinajstić information content (AvgIpc) is 2.97. The van der Waals surface area contributed by atoms with Crippen LogP contribution in [0.15, 0.2) is 48.5 Å². The van der Waals surface area contributed by atoms with Crippen molar-refractivity contribution in [2.75, 3.05) is 50.8 Å². The molecule has 2 aromatic rings. The molecule has 2 aliphatic heterocycles. The van der Waals surface area contributed by atoms with Gasteiger partial charge in [-0.3, -0.25) is 14.4 Å². The lowest BCUT2D eigenvalue weighted by Crippen LogP contribution is -2.50. The first kappa shape index (κ1) is 31.8. The Kier molecular flexibility index (Phi) is 10.7. The van der Waals surface area contributed by atoms with Crippen LogP contribution in [-0.4, -0.2) is 91.2 Å². The van der Waals surface area contributed by atoms with E-state index in [-0.39, 0.29) is 43.4 Å². The van der Waals surface area contributed by atoms with E-state index in [2.05, 4.69) is 10.2 Å². The van der Waals surface area contributed by atoms with E-state index in [0.29, 0.717) is 57.5 Å². The molecular weight excluding hydrogens is 548 g/mol. The number of fused-ring (bicyclic) bond motifs is 1. The Morgan fingerprint density at radius 2 is 1.70 bits per heavy atom. The van der Waals surface area contributed by atoms with Crippen LogP contribution in [0.1, 0.15) is 62.0 Å². The number of nitrogens with one attached hydrogen (secondary N) is 1. The maximum absolute atomic E-state index is 13.5. The summed E-state index contributed by atoms with van der Waals surface area (Å²) in [6, 6.07) is 15.4. The molecule has 10 nitrogen and oxygen atoms in total. The van der Waals surface area contributed by atoms with Crippen molar-refractivity contribution in [3.63, 3.8) is 0 Å². The number of ether oxygens (including phenoxy) is 2. The van der Waals surface area contributed by atoms with Crippen molar-refractivity contribution in [1.29, 1.82) is 0 Å². The molecule has 0 unspecified atom stereocenters. The topological polar surface area (TPSA) is 108 Å². The number of rotatable bonds is 10. The fourth-order valence-electron chi connectivity index (χ4n) is 5.41. The fraction of sp³-hybridized carbons (Fsp3) is 0.515. The molecule has 0 spiro atoms. The summed E-state index contributed by atoms with van der Waals surface area (Å²) in [6.45, 7) is 10.3. The minimum Gasteiger partial charge on any atom is -0.466 e. The Bertz CT molecular complexity index is 1280. The van der Waals surface area contributed by atoms with Gasteiger partial charge in [-0.05, 0) is 70.2 Å². The fourth-order valence-corrected chi connectivity index (χ4v) is 5.41. The molecule has 1 saturated heterocycles. The molecular formula is C33H44N4O6. The highest BCUT2D eigenvalue weighted by Gasteiger charge is 2.30. The van der Waals surface area contributed by atoms with Crippen LogP contribution in [0.4, 0.5) is 10.5 Å². The molecule has 0 aromatic heterocycles. The van der Waals surface area contributed by atoms with Crippen LogP contribution < -0.4 is 10.2 Å². The largest absolute Gasteiger partial charge is 0.466 e. The van der Waals surface area contributed by atoms with Gasteiger partial charge in [0.15, 0.2) is 0 Å². The normalized spacial score (nSPS) is 15.9. The molecule has 2 aromatic carbocycles. The third-order valence-electron chi connectivity index (χ3n) is 7.60. The van der Waals surface area contributed by atoms with Gasteiger partial charge >= 0.3 is 12.1 Å². The molecule has 43 heavy (non-hydrogen) atoms. The molecule has 1 N–H and O–H groups in total. The van der Waals surface area contributed by atoms with Gasteiger partial charge in [0.25, 0.3) is 5.91 Å². The zero-order valence-electron chi connectivity index (χ0n) is 25.8. The SMILES string of the molecule is CCOC(=O)C[C@@H](CCc1ccccc1)NC(=O)CN1CCc2ccc(N3CCN(C(=O)OC(C)(C)C)CC3)cc2C1=O. The van der Waals surface area contributed by atoms with Gasteiger partial charge in [0.1, 0.15) is 5.60 Å². The Labute approximate surface area is 254 Å². The molecule has 2 aliphatic rings. The first-order chi connectivity index (χ1) is 20.5. The summed E-state index contributed by atoms with van der Waals surface area (Å²) in [6.07, 6.45) is 1.70. The maximum Gasteiger partial charge on any atom is 0.410 e. The minimum atomic E-state index is -0.542. The van der Waals surface area contributed by atoms with E-state index < -0.39 is 11.6 Å². The first-order valence-electron chi connectivity index (χ1n) is 15.2. The highest BCUT2D eigenvalue weighted by molar-refractivity contribution is 5.99. The first-order valence-corrected chi connectivity index (χ1v) is 15.2. The Morgan fingerprint density at radius 1 is 0.977 bits per heavy atom. The lowest BCUT2D eigenvalue weighted by atomic mass is 9.97. The van der Waals surface area contributed by atoms with Crippen molar-refractivity contribution in [2.45, 2.75) is 65.0 Å². The molecule has 0 saturated carbocycles. The summed E-state index contributed by atoms with van der Waals surface area (Å²) in [7, 11) is 0. The molecule has 10 heteroatoms. The van der Waals surface area contributed by atoms with Crippen LogP contribution in [0, 0.1) is 0 Å². The number of nitrogens with zero attached hydrogens (tertiary/aromatic N) is 3. The lowest BCUT2D eigenvalue weighted by molar-refractivity contribution is -0.143. The second-order valence-electron chi connectivity index (χ2n) is 12.1. The second-order valence-corrected chi connectivity index (χ2v) is 12.1. The van der Waals surface area contributed by atoms with Crippen LogP contribution in [0.3, 0.4) is 0 Å². The molecule has 1 atom stereocenters. The maximum atomic E-state index is 13.5. The number of hydrogen-bond donors (Lipinski definition) is 1. The average molecular weight is 593 g/mol. The van der Waals surface area contributed by atoms with Gasteiger partial charge in [-0.2, -0.15) is 0 Å². The van der Waals surface area contributed by atoms with Crippen molar-refractivity contribution >= 4 is 29.6 Å². The Morgan fingerprint density at radius 3 is 2.37 bits per heavy atom. The third-order valence-corrected chi connectivity index (χ3v) is 7.60. The van der Waals surface area contributed by atoms with E-state index in [4.69, 9.17) is 9.47 Å². The number of hydrogen-bond acceptors (Lipinski definition) is 7. The van der Waals surface area contributed by atoms with Gasteiger partial charge < -0.3 is 29.5 Å². The molecule has 0 radical (unpaired) electrons. The summed E-state index contributed by atoms with van der Waals surface area (Å²) in [4.78, 5) is 56.7. The Hall–Kier alpha value is -4.08. The van der Waals surface area contributed by atoms with E-state index >= 15 is 0 Å². The van der Waals surface area contributed by atoms with Gasteiger partial charge in [0.05, 0.1) is 19.6 Å². The molecule has 4 rings (SSSR count). The molecule has 1 fully saturated rings. The van der Waals surface area contributed by atoms with Gasteiger partial charge in [0, 0.05) is 50.0 Å². The van der Waals surface area contributed by atoms with Crippen LogP contribution in [-0.2, 0) is 31.9 Å². The number of carbonyl (C=O) groups is 4. The molecule has 232 valence electrons. The highest BCUT2D eigenvalue weighted by Crippen LogP contribution is 2.26. The second kappa shape index (κ2) is 14.4. The monoisotopic (exact) mass is 592 g/mol. The highest BCUT2D eigenvalue weighted by atomic mass is 16.6. The number of esters is 1. The van der Waals surface area contributed by atoms with Crippen LogP contribution >= 0.6 is 0 Å². The number of amides is 3. The number of carbonyl (C=O) groups excluding carboxylic acids is 4. The zero-order valence-corrected chi connectivity index (χ0v) is 25.8. The van der Waals surface area contributed by atoms with Gasteiger partial charge in [-0.1, -0.05) is 36.4 Å². The summed E-state index contributed by atoms with van der Waals surface area (Å²) >= 11 is 0. The van der Waals surface area contributed by atoms with Crippen LogP contribution in [0.5, 0.6) is 0 Å². The predicted molar refractivity (Wildman–Crippen MR) is 164 cm³/mol. The van der Waals surface area contributed by atoms with Gasteiger partial charge in [0.2, 0.25) is 5.91 Å². The lowest BCUT2D eigenvalue weighted by Gasteiger charge is -2.37. The van der Waals surface area contributed by atoms with Crippen molar-refractivity contribution in [3.05, 3.63) is 65.2 Å². The summed E-state index contributed by atoms with van der Waals surface area (Å²) in [5, 5.41) is 2.97. The standard InChI is InChI=1S/C33H44N4O6/c1-5-42-30(39)21-26(13-11-24-9-7-6-8-10-24)34-29(38)23-37-16-15-25-12-14-27(22-28(25)31(37)40)35-17-19-36(20-18-35)32(41)43-33(2,3)4/h6-10,12,14,22,26H,5,11,13,15-21,23H2,1-4H3,(H,34,38)/t26-/m1/s1. The summed E-state index contributed by atoms with van der Waals surface area (Å²) in [5.41, 5.74) is 3.05. The molecule has 0 aliphatic carbocycles. The van der Waals surface area contributed by atoms with Crippen molar-refractivity contribution in [2.24, 2.45) is 0 Å². The number of aryl methyl sites for hydroxylation is 1. The smallest absolute Gasteiger partial charge is 0.410 e. The summed E-state index contributed by atoms with van der Waals surface area (Å²) < 4.78 is 10.6. The van der Waals surface area contributed by atoms with Crippen molar-refractivity contribution in [3.8, 4) is 0 Å². The number of benzene rings is 2. The predicted octanol–water partition coefficient (Wildman–Crippen LogP) is 3.81. The number of anilines is 1. The molecule has 2 heterocycles. The van der Waals surface area contributed by atoms with E-state index in [1.807, 2.05) is 69.3 Å². The van der Waals surface area contributed by atoms with E-state index in [9.17, 15) is 19.2 Å². The van der Waals surface area contributed by atoms with E-state index in [0.717, 1.165) is 16.8 Å². The van der Waals surface area contributed by atoms with Crippen molar-refractivity contribution < 1.29 is 28.7 Å². The zero-order chi connectivity index (χ0) is 31.0. The Balaban J connectivity index is 1.35. The molecule has 3 amide bonds. The summed E-state index contributed by atoms with van der Waals surface area (Å²) in [5.74, 6) is -0.839. The van der Waals surface area contributed by atoms with Crippen LogP contribution in [0.25, 0.3) is 0 Å². The van der Waals surface area contributed by atoms with Gasteiger partial charge in [-0.15, -0.1) is 0 Å². The minimum absolute atomic E-state index is 0.0771. The third kappa shape index (κ3) is 9.20. The van der Waals surface area contributed by atoms with E-state index in [1.54, 1.807) is 16.7 Å². The number of piperazine rings is 1. The quantitative estimate of drug-likeness (QED) is 0.418. The van der Waals surface area contributed by atoms with E-state index in [1.165, 1.54) is 0 Å². The molecule has 0 bridgehead atoms. The van der Waals surface area contributed by atoms with Gasteiger partial charge in [-0.25, -0.2) is 4.79 Å². The van der Waals surface area contributed by atoms with Crippen molar-refractivity contribution in [1.82, 2.24) is 15.1 Å².